The average Bonchev–Trinajstić information content (AvgIpc) is 2.39. The molecule has 1 aliphatic rings. The molecule has 6 heteroatoms. The Morgan fingerprint density at radius 1 is 1.44 bits per heavy atom. The van der Waals surface area contributed by atoms with Crippen molar-refractivity contribution in [3.8, 4) is 0 Å². The number of allylic oxidation sites excluding steroid dienone is 3. The molecule has 1 aromatic rings. The average molecular weight is 283 g/mol. The van der Waals surface area contributed by atoms with Crippen LogP contribution in [-0.2, 0) is 0 Å². The van der Waals surface area contributed by atoms with Crippen molar-refractivity contribution in [3.63, 3.8) is 0 Å². The normalized spacial score (nSPS) is 14.8. The van der Waals surface area contributed by atoms with Gasteiger partial charge in [-0.15, -0.1) is 11.8 Å². The molecule has 0 saturated carbocycles. The molecule has 1 aromatic heterocycles. The highest BCUT2D eigenvalue weighted by Crippen LogP contribution is 2.26. The first kappa shape index (κ1) is 13.2. The topological polar surface area (TPSA) is 49.8 Å². The minimum atomic E-state index is 0.260. The Morgan fingerprint density at radius 3 is 3.00 bits per heavy atom. The van der Waals surface area contributed by atoms with E-state index in [0.717, 1.165) is 34.9 Å². The van der Waals surface area contributed by atoms with E-state index in [4.69, 9.17) is 11.6 Å². The Morgan fingerprint density at radius 2 is 2.28 bits per heavy atom. The molecule has 1 heterocycles. The molecule has 0 fully saturated rings. The summed E-state index contributed by atoms with van der Waals surface area (Å²) in [6.45, 7) is 0. The van der Waals surface area contributed by atoms with Crippen molar-refractivity contribution >= 4 is 29.2 Å². The minimum absolute atomic E-state index is 0.260. The molecule has 96 valence electrons. The third-order valence-corrected chi connectivity index (χ3v) is 3.54. The maximum Gasteiger partial charge on any atom is 0.224 e. The molecular weight excluding hydrogens is 268 g/mol. The van der Waals surface area contributed by atoms with Gasteiger partial charge in [0.15, 0.2) is 0 Å². The Labute approximate surface area is 116 Å². The van der Waals surface area contributed by atoms with Gasteiger partial charge in [-0.3, -0.25) is 0 Å². The van der Waals surface area contributed by atoms with Gasteiger partial charge < -0.3 is 10.6 Å². The highest BCUT2D eigenvalue weighted by molar-refractivity contribution is 7.98. The van der Waals surface area contributed by atoms with Crippen LogP contribution in [0.2, 0.25) is 5.28 Å². The number of thioether (sulfide) groups is 1. The van der Waals surface area contributed by atoms with E-state index >= 15 is 0 Å². The number of rotatable bonds is 4. The Balaban J connectivity index is 2.21. The maximum atomic E-state index is 5.83. The van der Waals surface area contributed by atoms with Crippen molar-refractivity contribution in [2.75, 3.05) is 18.6 Å². The molecule has 0 saturated heterocycles. The summed E-state index contributed by atoms with van der Waals surface area (Å²) < 4.78 is 0. The van der Waals surface area contributed by atoms with E-state index < -0.39 is 0 Å². The van der Waals surface area contributed by atoms with Crippen LogP contribution < -0.4 is 10.6 Å². The van der Waals surface area contributed by atoms with E-state index in [-0.39, 0.29) is 5.28 Å². The molecule has 0 aromatic carbocycles. The molecule has 0 unspecified atom stereocenters. The third-order valence-electron chi connectivity index (χ3n) is 2.62. The van der Waals surface area contributed by atoms with Gasteiger partial charge in [-0.2, -0.15) is 4.98 Å². The molecule has 2 N–H and O–H groups in total. The highest BCUT2D eigenvalue weighted by atomic mass is 35.5. The monoisotopic (exact) mass is 282 g/mol. The lowest BCUT2D eigenvalue weighted by Gasteiger charge is -2.16. The first-order valence-corrected chi connectivity index (χ1v) is 7.25. The molecule has 4 nitrogen and oxygen atoms in total. The standard InChI is InChI=1S/C12H15ClN4S/c1-14-8-4-3-5-9(6-8)16-11-10(18-2)7-15-12(13)17-11/h4,6-7,14H,3,5H2,1-2H3,(H,15,16,17). The number of nitrogens with zero attached hydrogens (tertiary/aromatic N) is 2. The molecule has 0 bridgehead atoms. The largest absolute Gasteiger partial charge is 0.388 e. The number of nitrogens with one attached hydrogen (secondary N) is 2. The van der Waals surface area contributed by atoms with Crippen LogP contribution in [0.1, 0.15) is 12.8 Å². The number of hydrogen-bond donors (Lipinski definition) is 2. The van der Waals surface area contributed by atoms with Gasteiger partial charge in [-0.05, 0) is 36.8 Å². The molecule has 18 heavy (non-hydrogen) atoms. The smallest absolute Gasteiger partial charge is 0.224 e. The van der Waals surface area contributed by atoms with E-state index in [1.54, 1.807) is 18.0 Å². The molecule has 2 rings (SSSR count). The second-order valence-electron chi connectivity index (χ2n) is 3.80. The number of hydrogen-bond acceptors (Lipinski definition) is 5. The van der Waals surface area contributed by atoms with Gasteiger partial charge >= 0.3 is 0 Å². The van der Waals surface area contributed by atoms with Gasteiger partial charge in [0.1, 0.15) is 5.82 Å². The number of aromatic nitrogens is 2. The fourth-order valence-corrected chi connectivity index (χ4v) is 2.30. The van der Waals surface area contributed by atoms with Crippen molar-refractivity contribution in [3.05, 3.63) is 35.0 Å². The predicted octanol–water partition coefficient (Wildman–Crippen LogP) is 3.04. The second-order valence-corrected chi connectivity index (χ2v) is 4.98. The highest BCUT2D eigenvalue weighted by Gasteiger charge is 2.09. The maximum absolute atomic E-state index is 5.83. The summed E-state index contributed by atoms with van der Waals surface area (Å²) in [6.07, 6.45) is 9.98. The van der Waals surface area contributed by atoms with Gasteiger partial charge in [-0.1, -0.05) is 6.08 Å². The van der Waals surface area contributed by atoms with E-state index in [9.17, 15) is 0 Å². The molecule has 0 radical (unpaired) electrons. The fraction of sp³-hybridized carbons (Fsp3) is 0.333. The SMILES string of the molecule is CNC1=CCCC(Nc2nc(Cl)ncc2SC)=C1. The summed E-state index contributed by atoms with van der Waals surface area (Å²) in [5.41, 5.74) is 2.25. The zero-order chi connectivity index (χ0) is 13.0. The summed E-state index contributed by atoms with van der Waals surface area (Å²) in [4.78, 5) is 9.20. The van der Waals surface area contributed by atoms with Crippen LogP contribution >= 0.6 is 23.4 Å². The summed E-state index contributed by atoms with van der Waals surface area (Å²) >= 11 is 7.43. The number of anilines is 1. The Kier molecular flexibility index (Phi) is 4.49. The van der Waals surface area contributed by atoms with Crippen LogP contribution in [-0.4, -0.2) is 23.3 Å². The minimum Gasteiger partial charge on any atom is -0.388 e. The third kappa shape index (κ3) is 3.17. The van der Waals surface area contributed by atoms with E-state index in [2.05, 4.69) is 32.8 Å². The van der Waals surface area contributed by atoms with E-state index in [1.165, 1.54) is 0 Å². The molecule has 0 spiro atoms. The van der Waals surface area contributed by atoms with E-state index in [1.807, 2.05) is 13.3 Å². The van der Waals surface area contributed by atoms with Crippen LogP contribution in [0.3, 0.4) is 0 Å². The van der Waals surface area contributed by atoms with Gasteiger partial charge in [0, 0.05) is 24.6 Å². The lowest BCUT2D eigenvalue weighted by atomic mass is 10.1. The van der Waals surface area contributed by atoms with Crippen molar-refractivity contribution in [1.82, 2.24) is 15.3 Å². The summed E-state index contributed by atoms with van der Waals surface area (Å²) in [6, 6.07) is 0. The second kappa shape index (κ2) is 6.11. The van der Waals surface area contributed by atoms with Gasteiger partial charge in [0.25, 0.3) is 0 Å². The summed E-state index contributed by atoms with van der Waals surface area (Å²) in [5.74, 6) is 0.770. The zero-order valence-electron chi connectivity index (χ0n) is 10.3. The number of likely N-dealkylation sites (N-methyl/N-ethyl adjacent to an activating group) is 1. The molecule has 1 aliphatic carbocycles. The molecule has 0 amide bonds. The van der Waals surface area contributed by atoms with Crippen molar-refractivity contribution in [1.29, 1.82) is 0 Å². The predicted molar refractivity (Wildman–Crippen MR) is 76.9 cm³/mol. The molecule has 0 aliphatic heterocycles. The van der Waals surface area contributed by atoms with E-state index in [0.29, 0.717) is 0 Å². The van der Waals surface area contributed by atoms with Crippen LogP contribution in [0.25, 0.3) is 0 Å². The van der Waals surface area contributed by atoms with Crippen LogP contribution in [0, 0.1) is 0 Å². The van der Waals surface area contributed by atoms with Gasteiger partial charge in [-0.25, -0.2) is 4.98 Å². The first-order valence-electron chi connectivity index (χ1n) is 5.65. The van der Waals surface area contributed by atoms with Crippen LogP contribution in [0.15, 0.2) is 34.6 Å². The van der Waals surface area contributed by atoms with Crippen molar-refractivity contribution in [2.24, 2.45) is 0 Å². The van der Waals surface area contributed by atoms with Crippen molar-refractivity contribution in [2.45, 2.75) is 17.7 Å². The lowest BCUT2D eigenvalue weighted by molar-refractivity contribution is 0.896. The molecular formula is C12H15ClN4S. The summed E-state index contributed by atoms with van der Waals surface area (Å²) in [7, 11) is 1.92. The quantitative estimate of drug-likeness (QED) is 0.657. The van der Waals surface area contributed by atoms with Crippen LogP contribution in [0.4, 0.5) is 5.82 Å². The summed E-state index contributed by atoms with van der Waals surface area (Å²) in [5, 5.41) is 6.73. The fourth-order valence-electron chi connectivity index (χ4n) is 1.72. The van der Waals surface area contributed by atoms with Gasteiger partial charge in [0.2, 0.25) is 5.28 Å². The number of halogens is 1. The Bertz CT molecular complexity index is 499. The lowest BCUT2D eigenvalue weighted by Crippen LogP contribution is -2.11. The van der Waals surface area contributed by atoms with Crippen LogP contribution in [0.5, 0.6) is 0 Å². The van der Waals surface area contributed by atoms with Crippen molar-refractivity contribution < 1.29 is 0 Å². The van der Waals surface area contributed by atoms with Gasteiger partial charge in [0.05, 0.1) is 4.90 Å². The molecule has 0 atom stereocenters. The Hall–Kier alpha value is -1.20. The zero-order valence-corrected chi connectivity index (χ0v) is 11.9. The first-order chi connectivity index (χ1) is 8.72.